The molecule has 2 aliphatic rings. The van der Waals surface area contributed by atoms with Crippen LogP contribution in [-0.2, 0) is 6.54 Å². The zero-order chi connectivity index (χ0) is 15.7. The van der Waals surface area contributed by atoms with Crippen LogP contribution < -0.4 is 0 Å². The quantitative estimate of drug-likeness (QED) is 0.942. The van der Waals surface area contributed by atoms with E-state index in [1.54, 1.807) is 6.26 Å². The van der Waals surface area contributed by atoms with Gasteiger partial charge in [-0.25, -0.2) is 0 Å². The SMILES string of the molecule is O[C@]1(CN2CCCC2)CCCN(Cc2ccc3occc3c2)C1. The van der Waals surface area contributed by atoms with Crippen molar-refractivity contribution >= 4 is 11.0 Å². The van der Waals surface area contributed by atoms with E-state index in [1.807, 2.05) is 12.1 Å². The number of rotatable bonds is 4. The van der Waals surface area contributed by atoms with Gasteiger partial charge in [-0.15, -0.1) is 0 Å². The number of fused-ring (bicyclic) bond motifs is 1. The Balaban J connectivity index is 1.41. The molecule has 2 saturated heterocycles. The van der Waals surface area contributed by atoms with Gasteiger partial charge in [-0.05, 0) is 69.1 Å². The Morgan fingerprint density at radius 3 is 2.74 bits per heavy atom. The van der Waals surface area contributed by atoms with Gasteiger partial charge in [0.25, 0.3) is 0 Å². The monoisotopic (exact) mass is 314 g/mol. The first-order valence-corrected chi connectivity index (χ1v) is 8.84. The fourth-order valence-corrected chi connectivity index (χ4v) is 4.20. The van der Waals surface area contributed by atoms with Crippen LogP contribution in [0.5, 0.6) is 0 Å². The Labute approximate surface area is 137 Å². The number of hydrogen-bond acceptors (Lipinski definition) is 4. The Bertz CT molecular complexity index is 662. The zero-order valence-electron chi connectivity index (χ0n) is 13.7. The average molecular weight is 314 g/mol. The highest BCUT2D eigenvalue weighted by atomic mass is 16.3. The molecule has 124 valence electrons. The maximum atomic E-state index is 11.0. The number of aliphatic hydroxyl groups is 1. The van der Waals surface area contributed by atoms with E-state index in [9.17, 15) is 5.11 Å². The molecule has 1 atom stereocenters. The van der Waals surface area contributed by atoms with Crippen molar-refractivity contribution in [1.29, 1.82) is 0 Å². The second kappa shape index (κ2) is 6.27. The molecule has 4 heteroatoms. The van der Waals surface area contributed by atoms with Crippen LogP contribution in [0, 0.1) is 0 Å². The van der Waals surface area contributed by atoms with Gasteiger partial charge in [0.05, 0.1) is 11.9 Å². The van der Waals surface area contributed by atoms with Gasteiger partial charge in [0.1, 0.15) is 5.58 Å². The van der Waals surface area contributed by atoms with Crippen LogP contribution in [0.1, 0.15) is 31.2 Å². The van der Waals surface area contributed by atoms with Crippen LogP contribution in [0.4, 0.5) is 0 Å². The summed E-state index contributed by atoms with van der Waals surface area (Å²) in [5.74, 6) is 0. The number of hydrogen-bond donors (Lipinski definition) is 1. The van der Waals surface area contributed by atoms with Gasteiger partial charge >= 0.3 is 0 Å². The minimum Gasteiger partial charge on any atom is -0.464 e. The first-order chi connectivity index (χ1) is 11.2. The smallest absolute Gasteiger partial charge is 0.133 e. The molecule has 4 nitrogen and oxygen atoms in total. The van der Waals surface area contributed by atoms with Crippen molar-refractivity contribution < 1.29 is 9.52 Å². The van der Waals surface area contributed by atoms with Crippen molar-refractivity contribution in [3.8, 4) is 0 Å². The second-order valence-corrected chi connectivity index (χ2v) is 7.31. The summed E-state index contributed by atoms with van der Waals surface area (Å²) in [6, 6.07) is 8.40. The molecule has 2 aromatic rings. The van der Waals surface area contributed by atoms with Crippen molar-refractivity contribution in [1.82, 2.24) is 9.80 Å². The van der Waals surface area contributed by atoms with Crippen LogP contribution in [0.3, 0.4) is 0 Å². The molecule has 0 unspecified atom stereocenters. The predicted molar refractivity (Wildman–Crippen MR) is 91.3 cm³/mol. The summed E-state index contributed by atoms with van der Waals surface area (Å²) in [5, 5.41) is 12.2. The molecule has 0 radical (unpaired) electrons. The van der Waals surface area contributed by atoms with E-state index in [2.05, 4.69) is 21.9 Å². The molecule has 3 heterocycles. The molecule has 1 aromatic heterocycles. The van der Waals surface area contributed by atoms with E-state index in [0.29, 0.717) is 0 Å². The summed E-state index contributed by atoms with van der Waals surface area (Å²) in [5.41, 5.74) is 1.70. The second-order valence-electron chi connectivity index (χ2n) is 7.31. The Morgan fingerprint density at radius 2 is 1.87 bits per heavy atom. The number of β-amino-alcohol motifs (C(OH)–C–C–N with tert-alkyl or cyclic N) is 1. The summed E-state index contributed by atoms with van der Waals surface area (Å²) >= 11 is 0. The average Bonchev–Trinajstić information content (AvgIpc) is 3.17. The lowest BCUT2D eigenvalue weighted by atomic mass is 9.92. The van der Waals surface area contributed by atoms with E-state index >= 15 is 0 Å². The molecule has 23 heavy (non-hydrogen) atoms. The summed E-state index contributed by atoms with van der Waals surface area (Å²) in [7, 11) is 0. The van der Waals surface area contributed by atoms with Gasteiger partial charge in [-0.2, -0.15) is 0 Å². The molecule has 0 aliphatic carbocycles. The number of piperidine rings is 1. The van der Waals surface area contributed by atoms with Gasteiger partial charge < -0.3 is 14.4 Å². The topological polar surface area (TPSA) is 39.9 Å². The van der Waals surface area contributed by atoms with E-state index in [1.165, 1.54) is 18.4 Å². The third kappa shape index (κ3) is 3.44. The van der Waals surface area contributed by atoms with E-state index in [-0.39, 0.29) is 0 Å². The van der Waals surface area contributed by atoms with Gasteiger partial charge in [0.2, 0.25) is 0 Å². The lowest BCUT2D eigenvalue weighted by molar-refractivity contribution is -0.0519. The maximum Gasteiger partial charge on any atom is 0.133 e. The summed E-state index contributed by atoms with van der Waals surface area (Å²) in [6.45, 7) is 5.91. The van der Waals surface area contributed by atoms with Crippen molar-refractivity contribution in [3.63, 3.8) is 0 Å². The fourth-order valence-electron chi connectivity index (χ4n) is 4.20. The standard InChI is InChI=1S/C19H26N2O2/c22-19(14-20-8-1-2-9-20)7-3-10-21(15-19)13-16-4-5-18-17(12-16)6-11-23-18/h4-6,11-12,22H,1-3,7-10,13-15H2/t19-/m0/s1. The summed E-state index contributed by atoms with van der Waals surface area (Å²) < 4.78 is 5.41. The molecule has 0 saturated carbocycles. The molecule has 0 amide bonds. The van der Waals surface area contributed by atoms with Crippen LogP contribution in [0.25, 0.3) is 11.0 Å². The van der Waals surface area contributed by atoms with Crippen LogP contribution in [-0.4, -0.2) is 53.2 Å². The zero-order valence-corrected chi connectivity index (χ0v) is 13.7. The minimum atomic E-state index is -0.539. The largest absolute Gasteiger partial charge is 0.464 e. The number of nitrogens with zero attached hydrogens (tertiary/aromatic N) is 2. The van der Waals surface area contributed by atoms with Crippen molar-refractivity contribution in [2.75, 3.05) is 32.7 Å². The van der Waals surface area contributed by atoms with Crippen LogP contribution in [0.15, 0.2) is 34.9 Å². The molecular weight excluding hydrogens is 288 g/mol. The summed E-state index contributed by atoms with van der Waals surface area (Å²) in [4.78, 5) is 4.84. The molecule has 2 fully saturated rings. The van der Waals surface area contributed by atoms with Gasteiger partial charge in [-0.1, -0.05) is 6.07 Å². The highest BCUT2D eigenvalue weighted by molar-refractivity contribution is 5.77. The summed E-state index contributed by atoms with van der Waals surface area (Å²) in [6.07, 6.45) is 6.32. The molecule has 0 spiro atoms. The highest BCUT2D eigenvalue weighted by Gasteiger charge is 2.35. The predicted octanol–water partition coefficient (Wildman–Crippen LogP) is 2.86. The highest BCUT2D eigenvalue weighted by Crippen LogP contribution is 2.26. The van der Waals surface area contributed by atoms with Gasteiger partial charge in [0.15, 0.2) is 0 Å². The molecule has 1 N–H and O–H groups in total. The maximum absolute atomic E-state index is 11.0. The molecule has 2 aliphatic heterocycles. The van der Waals surface area contributed by atoms with E-state index in [4.69, 9.17) is 4.42 Å². The number of benzene rings is 1. The van der Waals surface area contributed by atoms with Crippen LogP contribution >= 0.6 is 0 Å². The lowest BCUT2D eigenvalue weighted by Crippen LogP contribution is -2.53. The molecular formula is C19H26N2O2. The molecule has 0 bridgehead atoms. The van der Waals surface area contributed by atoms with Gasteiger partial charge in [0, 0.05) is 25.0 Å². The Hall–Kier alpha value is -1.36. The van der Waals surface area contributed by atoms with E-state index < -0.39 is 5.60 Å². The number of likely N-dealkylation sites (tertiary alicyclic amines) is 2. The van der Waals surface area contributed by atoms with Crippen molar-refractivity contribution in [3.05, 3.63) is 36.1 Å². The number of furan rings is 1. The first kappa shape index (κ1) is 15.2. The van der Waals surface area contributed by atoms with Crippen molar-refractivity contribution in [2.24, 2.45) is 0 Å². The molecule has 1 aromatic carbocycles. The van der Waals surface area contributed by atoms with E-state index in [0.717, 1.165) is 63.1 Å². The van der Waals surface area contributed by atoms with Crippen molar-refractivity contribution in [2.45, 2.75) is 37.8 Å². The normalized spacial score (nSPS) is 27.0. The lowest BCUT2D eigenvalue weighted by Gasteiger charge is -2.41. The molecule has 4 rings (SSSR count). The Kier molecular flexibility index (Phi) is 4.14. The third-order valence-electron chi connectivity index (χ3n) is 5.27. The Morgan fingerprint density at radius 1 is 1.04 bits per heavy atom. The third-order valence-corrected chi connectivity index (χ3v) is 5.27. The minimum absolute atomic E-state index is 0.539. The van der Waals surface area contributed by atoms with Gasteiger partial charge in [-0.3, -0.25) is 4.90 Å². The van der Waals surface area contributed by atoms with Crippen LogP contribution in [0.2, 0.25) is 0 Å². The fraction of sp³-hybridized carbons (Fsp3) is 0.579. The first-order valence-electron chi connectivity index (χ1n) is 8.84.